The van der Waals surface area contributed by atoms with Crippen molar-refractivity contribution in [1.82, 2.24) is 9.80 Å². The highest BCUT2D eigenvalue weighted by molar-refractivity contribution is 5.76. The Morgan fingerprint density at radius 2 is 1.91 bits per heavy atom. The molecule has 7 nitrogen and oxygen atoms in total. The van der Waals surface area contributed by atoms with Gasteiger partial charge in [-0.15, -0.1) is 0 Å². The minimum Gasteiger partial charge on any atom is -0.493 e. The third-order valence-corrected chi connectivity index (χ3v) is 5.38. The quantitative estimate of drug-likeness (QED) is 0.703. The number of carboxylic acids is 1. The van der Waals surface area contributed by atoms with Gasteiger partial charge in [0, 0.05) is 19.6 Å². The van der Waals surface area contributed by atoms with Crippen molar-refractivity contribution in [2.45, 2.75) is 50.0 Å². The van der Waals surface area contributed by atoms with E-state index in [0.717, 1.165) is 44.6 Å². The lowest BCUT2D eigenvalue weighted by Gasteiger charge is -2.39. The Balaban J connectivity index is 0.000000451. The third kappa shape index (κ3) is 8.31. The molecule has 1 aromatic rings. The van der Waals surface area contributed by atoms with Gasteiger partial charge in [0.1, 0.15) is 5.75 Å². The summed E-state index contributed by atoms with van der Waals surface area (Å²) in [5.74, 6) is -1.77. The Bertz CT molecular complexity index is 745. The third-order valence-electron chi connectivity index (χ3n) is 5.38. The van der Waals surface area contributed by atoms with Crippen molar-refractivity contribution in [2.24, 2.45) is 0 Å². The maximum Gasteiger partial charge on any atom is 0.490 e. The summed E-state index contributed by atoms with van der Waals surface area (Å²) in [6.45, 7) is 2.93. The van der Waals surface area contributed by atoms with Gasteiger partial charge in [0.05, 0.1) is 24.7 Å². The van der Waals surface area contributed by atoms with E-state index in [1.807, 2.05) is 35.2 Å². The van der Waals surface area contributed by atoms with Crippen LogP contribution in [0, 0.1) is 0 Å². The number of amides is 1. The zero-order valence-electron chi connectivity index (χ0n) is 18.4. The molecule has 0 aliphatic carbocycles. The fourth-order valence-corrected chi connectivity index (χ4v) is 3.95. The lowest BCUT2D eigenvalue weighted by Crippen LogP contribution is -2.46. The second-order valence-electron chi connectivity index (χ2n) is 8.36. The van der Waals surface area contributed by atoms with Gasteiger partial charge in [-0.05, 0) is 51.9 Å². The maximum absolute atomic E-state index is 12.5. The molecule has 1 aromatic carbocycles. The molecule has 1 amide bonds. The highest BCUT2D eigenvalue weighted by Gasteiger charge is 2.44. The van der Waals surface area contributed by atoms with E-state index in [0.29, 0.717) is 19.1 Å². The van der Waals surface area contributed by atoms with Gasteiger partial charge < -0.3 is 24.4 Å². The van der Waals surface area contributed by atoms with Crippen molar-refractivity contribution in [3.8, 4) is 5.75 Å². The number of carbonyl (C=O) groups is 2. The van der Waals surface area contributed by atoms with E-state index in [1.165, 1.54) is 6.42 Å². The van der Waals surface area contributed by atoms with E-state index in [-0.39, 0.29) is 11.5 Å². The van der Waals surface area contributed by atoms with Crippen molar-refractivity contribution >= 4 is 11.9 Å². The number of likely N-dealkylation sites (N-methyl/N-ethyl adjacent to an activating group) is 1. The van der Waals surface area contributed by atoms with E-state index >= 15 is 0 Å². The molecule has 2 atom stereocenters. The van der Waals surface area contributed by atoms with Crippen LogP contribution in [0.5, 0.6) is 5.75 Å². The van der Waals surface area contributed by atoms with Crippen LogP contribution in [0.15, 0.2) is 30.3 Å². The normalized spacial score (nSPS) is 23.1. The molecule has 2 fully saturated rings. The predicted molar refractivity (Wildman–Crippen MR) is 111 cm³/mol. The van der Waals surface area contributed by atoms with Crippen molar-refractivity contribution < 1.29 is 37.3 Å². The number of hydrogen-bond acceptors (Lipinski definition) is 5. The lowest BCUT2D eigenvalue weighted by atomic mass is 9.90. The summed E-state index contributed by atoms with van der Waals surface area (Å²) in [5.41, 5.74) is -0.116. The summed E-state index contributed by atoms with van der Waals surface area (Å²) in [7, 11) is 4.17. The summed E-state index contributed by atoms with van der Waals surface area (Å²) in [4.78, 5) is 25.5. The number of nitrogens with zero attached hydrogens (tertiary/aromatic N) is 2. The van der Waals surface area contributed by atoms with E-state index in [9.17, 15) is 18.0 Å². The molecule has 10 heteroatoms. The van der Waals surface area contributed by atoms with Gasteiger partial charge in [0.15, 0.2) is 0 Å². The van der Waals surface area contributed by atoms with Crippen LogP contribution in [-0.2, 0) is 14.3 Å². The molecule has 2 heterocycles. The second-order valence-corrected chi connectivity index (χ2v) is 8.36. The number of aliphatic carboxylic acids is 1. The summed E-state index contributed by atoms with van der Waals surface area (Å²) < 4.78 is 43.8. The minimum atomic E-state index is -5.08. The van der Waals surface area contributed by atoms with Gasteiger partial charge in [0.25, 0.3) is 0 Å². The number of halogens is 3. The zero-order chi connectivity index (χ0) is 23.8. The average Bonchev–Trinajstić information content (AvgIpc) is 3.11. The number of carbonyl (C=O) groups excluding carboxylic acids is 1. The number of benzene rings is 1. The van der Waals surface area contributed by atoms with E-state index in [4.69, 9.17) is 19.4 Å². The molecule has 0 unspecified atom stereocenters. The van der Waals surface area contributed by atoms with Crippen LogP contribution in [0.1, 0.15) is 32.1 Å². The highest BCUT2D eigenvalue weighted by atomic mass is 19.4. The van der Waals surface area contributed by atoms with Crippen LogP contribution in [0.2, 0.25) is 0 Å². The minimum absolute atomic E-state index is 0.116. The number of rotatable bonds is 6. The van der Waals surface area contributed by atoms with Gasteiger partial charge in [-0.2, -0.15) is 13.2 Å². The molecular weight excluding hydrogens is 429 g/mol. The first kappa shape index (κ1) is 25.9. The largest absolute Gasteiger partial charge is 0.493 e. The summed E-state index contributed by atoms with van der Waals surface area (Å²) in [5, 5.41) is 7.12. The first-order chi connectivity index (χ1) is 15.0. The maximum atomic E-state index is 12.5. The average molecular weight is 460 g/mol. The molecule has 1 N–H and O–H groups in total. The predicted octanol–water partition coefficient (Wildman–Crippen LogP) is 3.19. The molecular formula is C22H31F3N2O5. The Hall–Kier alpha value is -2.33. The Kier molecular flexibility index (Phi) is 9.33. The molecule has 180 valence electrons. The molecule has 3 rings (SSSR count). The fourth-order valence-electron chi connectivity index (χ4n) is 3.95. The van der Waals surface area contributed by atoms with E-state index < -0.39 is 12.1 Å². The molecule has 0 aromatic heterocycles. The van der Waals surface area contributed by atoms with Crippen LogP contribution in [-0.4, -0.2) is 85.0 Å². The van der Waals surface area contributed by atoms with E-state index in [1.54, 1.807) is 0 Å². The van der Waals surface area contributed by atoms with Crippen molar-refractivity contribution in [3.05, 3.63) is 30.3 Å². The summed E-state index contributed by atoms with van der Waals surface area (Å²) in [6.07, 6.45) is -0.0216. The van der Waals surface area contributed by atoms with Crippen LogP contribution in [0.4, 0.5) is 13.2 Å². The van der Waals surface area contributed by atoms with Gasteiger partial charge >= 0.3 is 12.1 Å². The monoisotopic (exact) mass is 460 g/mol. The van der Waals surface area contributed by atoms with Gasteiger partial charge in [-0.25, -0.2) is 4.79 Å². The molecule has 0 bridgehead atoms. The molecule has 0 radical (unpaired) electrons. The fraction of sp³-hybridized carbons (Fsp3) is 0.636. The smallest absolute Gasteiger partial charge is 0.490 e. The number of likely N-dealkylation sites (tertiary alicyclic amines) is 1. The van der Waals surface area contributed by atoms with Crippen LogP contribution in [0.3, 0.4) is 0 Å². The standard InChI is InChI=1S/C20H30N2O3.C2HF3O2/c1-21(2)15-18-9-6-11-20(25-18)12-13-22(16-20)19(23)10-14-24-17-7-4-3-5-8-17;3-2(4,5)1(6)7/h3-5,7-8,18H,6,9-16H2,1-2H3;(H,6,7)/t18-,20+;/m0./s1. The second kappa shape index (κ2) is 11.5. The number of para-hydroxylation sites is 1. The number of carboxylic acid groups (broad SMARTS) is 1. The van der Waals surface area contributed by atoms with Crippen molar-refractivity contribution in [2.75, 3.05) is 40.3 Å². The molecule has 2 aliphatic rings. The van der Waals surface area contributed by atoms with Crippen LogP contribution < -0.4 is 4.74 Å². The number of hydrogen-bond donors (Lipinski definition) is 1. The lowest BCUT2D eigenvalue weighted by molar-refractivity contribution is -0.192. The number of alkyl halides is 3. The van der Waals surface area contributed by atoms with Crippen LogP contribution >= 0.6 is 0 Å². The van der Waals surface area contributed by atoms with Crippen molar-refractivity contribution in [1.29, 1.82) is 0 Å². The van der Waals surface area contributed by atoms with Crippen molar-refractivity contribution in [3.63, 3.8) is 0 Å². The summed E-state index contributed by atoms with van der Waals surface area (Å²) in [6, 6.07) is 9.65. The zero-order valence-corrected chi connectivity index (χ0v) is 18.4. The molecule has 1 spiro atoms. The van der Waals surface area contributed by atoms with Gasteiger partial charge in [-0.3, -0.25) is 4.79 Å². The van der Waals surface area contributed by atoms with Gasteiger partial charge in [0.2, 0.25) is 5.91 Å². The number of ether oxygens (including phenoxy) is 2. The highest BCUT2D eigenvalue weighted by Crippen LogP contribution is 2.37. The SMILES string of the molecule is CN(C)C[C@@H]1CCC[C@]2(CCN(C(=O)CCOc3ccccc3)C2)O1.O=C(O)C(F)(F)F. The molecule has 2 saturated heterocycles. The molecule has 2 aliphatic heterocycles. The van der Waals surface area contributed by atoms with Gasteiger partial charge in [-0.1, -0.05) is 18.2 Å². The summed E-state index contributed by atoms with van der Waals surface area (Å²) >= 11 is 0. The topological polar surface area (TPSA) is 79.3 Å². The van der Waals surface area contributed by atoms with E-state index in [2.05, 4.69) is 19.0 Å². The first-order valence-corrected chi connectivity index (χ1v) is 10.6. The Morgan fingerprint density at radius 3 is 2.50 bits per heavy atom. The molecule has 0 saturated carbocycles. The van der Waals surface area contributed by atoms with Crippen LogP contribution in [0.25, 0.3) is 0 Å². The Labute approximate surface area is 186 Å². The molecule has 32 heavy (non-hydrogen) atoms. The first-order valence-electron chi connectivity index (χ1n) is 10.6. The Morgan fingerprint density at radius 1 is 1.25 bits per heavy atom.